The molecule has 2 aromatic heterocycles. The largest absolute Gasteiger partial charge is 0.452 e. The van der Waals surface area contributed by atoms with E-state index in [1.807, 2.05) is 37.3 Å². The highest BCUT2D eigenvalue weighted by atomic mass is 19.1. The summed E-state index contributed by atoms with van der Waals surface area (Å²) in [4.78, 5) is 32.2. The fraction of sp³-hybridized carbons (Fsp3) is 0.259. The SMILES string of the molecule is CC1CN(C(=O)COC(=O)c2cc(-c3ccccc3)nc3c2cnn3Cc2cccc(F)c2)CCO1. The quantitative estimate of drug-likeness (QED) is 0.385. The number of rotatable bonds is 6. The van der Waals surface area contributed by atoms with Gasteiger partial charge in [-0.3, -0.25) is 4.79 Å². The molecule has 0 N–H and O–H groups in total. The molecule has 1 aliphatic heterocycles. The Balaban J connectivity index is 1.46. The van der Waals surface area contributed by atoms with Crippen LogP contribution in [-0.4, -0.2) is 63.9 Å². The average Bonchev–Trinajstić information content (AvgIpc) is 3.29. The highest BCUT2D eigenvalue weighted by molar-refractivity contribution is 6.04. The van der Waals surface area contributed by atoms with Gasteiger partial charge >= 0.3 is 5.97 Å². The van der Waals surface area contributed by atoms with Crippen LogP contribution in [0, 0.1) is 5.82 Å². The zero-order valence-electron chi connectivity index (χ0n) is 19.8. The minimum absolute atomic E-state index is 0.0596. The molecule has 2 aromatic carbocycles. The lowest BCUT2D eigenvalue weighted by Gasteiger charge is -2.30. The van der Waals surface area contributed by atoms with Gasteiger partial charge in [-0.2, -0.15) is 5.10 Å². The maximum atomic E-state index is 13.7. The van der Waals surface area contributed by atoms with Crippen molar-refractivity contribution in [1.29, 1.82) is 0 Å². The highest BCUT2D eigenvalue weighted by Crippen LogP contribution is 2.26. The van der Waals surface area contributed by atoms with Gasteiger partial charge in [0, 0.05) is 18.7 Å². The van der Waals surface area contributed by atoms with Crippen molar-refractivity contribution in [2.24, 2.45) is 0 Å². The Labute approximate surface area is 207 Å². The first-order chi connectivity index (χ1) is 17.5. The van der Waals surface area contributed by atoms with Crippen LogP contribution in [0.5, 0.6) is 0 Å². The predicted octanol–water partition coefficient (Wildman–Crippen LogP) is 3.69. The first-order valence-corrected chi connectivity index (χ1v) is 11.7. The van der Waals surface area contributed by atoms with Crippen molar-refractivity contribution >= 4 is 22.9 Å². The predicted molar refractivity (Wildman–Crippen MR) is 131 cm³/mol. The van der Waals surface area contributed by atoms with Crippen LogP contribution in [0.1, 0.15) is 22.8 Å². The first kappa shape index (κ1) is 23.6. The summed E-state index contributed by atoms with van der Waals surface area (Å²) in [5, 5.41) is 4.90. The maximum absolute atomic E-state index is 13.7. The van der Waals surface area contributed by atoms with Gasteiger partial charge in [0.1, 0.15) is 5.82 Å². The van der Waals surface area contributed by atoms with Gasteiger partial charge in [-0.25, -0.2) is 18.9 Å². The third-order valence-corrected chi connectivity index (χ3v) is 6.04. The van der Waals surface area contributed by atoms with E-state index < -0.39 is 5.97 Å². The van der Waals surface area contributed by atoms with E-state index in [1.165, 1.54) is 12.1 Å². The van der Waals surface area contributed by atoms with E-state index in [4.69, 9.17) is 14.5 Å². The number of aromatic nitrogens is 3. The second-order valence-electron chi connectivity index (χ2n) is 8.69. The number of ether oxygens (including phenoxy) is 2. The fourth-order valence-electron chi connectivity index (χ4n) is 4.24. The molecular formula is C27H25FN4O4. The van der Waals surface area contributed by atoms with Gasteiger partial charge in [0.2, 0.25) is 0 Å². The smallest absolute Gasteiger partial charge is 0.339 e. The lowest BCUT2D eigenvalue weighted by atomic mass is 10.1. The number of benzene rings is 2. The Kier molecular flexibility index (Phi) is 6.73. The molecular weight excluding hydrogens is 463 g/mol. The molecule has 0 radical (unpaired) electrons. The van der Waals surface area contributed by atoms with Crippen LogP contribution in [0.4, 0.5) is 4.39 Å². The number of pyridine rings is 1. The summed E-state index contributed by atoms with van der Waals surface area (Å²) >= 11 is 0. The summed E-state index contributed by atoms with van der Waals surface area (Å²) in [6.45, 7) is 3.18. The van der Waals surface area contributed by atoms with Crippen LogP contribution in [-0.2, 0) is 20.8 Å². The van der Waals surface area contributed by atoms with Crippen LogP contribution >= 0.6 is 0 Å². The molecule has 8 nitrogen and oxygen atoms in total. The van der Waals surface area contributed by atoms with Crippen LogP contribution in [0.2, 0.25) is 0 Å². The normalized spacial score (nSPS) is 15.7. The molecule has 1 fully saturated rings. The molecule has 1 amide bonds. The van der Waals surface area contributed by atoms with E-state index in [2.05, 4.69) is 5.10 Å². The van der Waals surface area contributed by atoms with Gasteiger partial charge in [0.05, 0.1) is 42.1 Å². The Hall–Kier alpha value is -4.11. The van der Waals surface area contributed by atoms with Gasteiger partial charge in [-0.15, -0.1) is 0 Å². The number of hydrogen-bond acceptors (Lipinski definition) is 6. The summed E-state index contributed by atoms with van der Waals surface area (Å²) in [6, 6.07) is 17.3. The zero-order chi connectivity index (χ0) is 25.1. The number of hydrogen-bond donors (Lipinski definition) is 0. The minimum Gasteiger partial charge on any atom is -0.452 e. The minimum atomic E-state index is -0.639. The van der Waals surface area contributed by atoms with E-state index >= 15 is 0 Å². The van der Waals surface area contributed by atoms with Crippen molar-refractivity contribution < 1.29 is 23.5 Å². The summed E-state index contributed by atoms with van der Waals surface area (Å²) in [7, 11) is 0. The van der Waals surface area contributed by atoms with Crippen molar-refractivity contribution in [3.8, 4) is 11.3 Å². The molecule has 0 spiro atoms. The van der Waals surface area contributed by atoms with Crippen molar-refractivity contribution in [1.82, 2.24) is 19.7 Å². The van der Waals surface area contributed by atoms with Gasteiger partial charge in [0.15, 0.2) is 12.3 Å². The highest BCUT2D eigenvalue weighted by Gasteiger charge is 2.24. The fourth-order valence-corrected chi connectivity index (χ4v) is 4.24. The molecule has 4 aromatic rings. The number of fused-ring (bicyclic) bond motifs is 1. The molecule has 5 rings (SSSR count). The van der Waals surface area contributed by atoms with Crippen LogP contribution < -0.4 is 0 Å². The molecule has 3 heterocycles. The number of carbonyl (C=O) groups excluding carboxylic acids is 2. The number of halogens is 1. The van der Waals surface area contributed by atoms with E-state index in [0.29, 0.717) is 42.0 Å². The molecule has 0 saturated carbocycles. The summed E-state index contributed by atoms with van der Waals surface area (Å²) < 4.78 is 26.2. The molecule has 1 atom stereocenters. The number of morpholine rings is 1. The average molecular weight is 489 g/mol. The van der Waals surface area contributed by atoms with Gasteiger partial charge in [0.25, 0.3) is 5.91 Å². The Morgan fingerprint density at radius 2 is 1.97 bits per heavy atom. The second kappa shape index (κ2) is 10.2. The second-order valence-corrected chi connectivity index (χ2v) is 8.69. The number of esters is 1. The topological polar surface area (TPSA) is 86.5 Å². The van der Waals surface area contributed by atoms with Crippen molar-refractivity contribution in [2.45, 2.75) is 19.6 Å². The van der Waals surface area contributed by atoms with Gasteiger partial charge in [-0.05, 0) is 30.7 Å². The first-order valence-electron chi connectivity index (χ1n) is 11.7. The molecule has 36 heavy (non-hydrogen) atoms. The van der Waals surface area contributed by atoms with Crippen LogP contribution in [0.15, 0.2) is 66.9 Å². The zero-order valence-corrected chi connectivity index (χ0v) is 19.8. The monoisotopic (exact) mass is 488 g/mol. The Bertz CT molecular complexity index is 1410. The maximum Gasteiger partial charge on any atom is 0.339 e. The Morgan fingerprint density at radius 3 is 2.75 bits per heavy atom. The summed E-state index contributed by atoms with van der Waals surface area (Å²) in [5.41, 5.74) is 2.80. The van der Waals surface area contributed by atoms with E-state index in [-0.39, 0.29) is 36.5 Å². The number of amides is 1. The molecule has 0 bridgehead atoms. The van der Waals surface area contributed by atoms with Gasteiger partial charge in [-0.1, -0.05) is 42.5 Å². The van der Waals surface area contributed by atoms with Gasteiger partial charge < -0.3 is 14.4 Å². The van der Waals surface area contributed by atoms with Crippen LogP contribution in [0.25, 0.3) is 22.3 Å². The molecule has 1 unspecified atom stereocenters. The standard InChI is InChI=1S/C27H25FN4O4/c1-18-15-31(10-11-35-18)25(33)17-36-27(34)22-13-24(20-7-3-2-4-8-20)30-26-23(22)14-29-32(26)16-19-6-5-9-21(28)12-19/h2-9,12-14,18H,10-11,15-17H2,1H3. The van der Waals surface area contributed by atoms with Crippen LogP contribution in [0.3, 0.4) is 0 Å². The van der Waals surface area contributed by atoms with E-state index in [1.54, 1.807) is 34.0 Å². The summed E-state index contributed by atoms with van der Waals surface area (Å²) in [5.74, 6) is -1.25. The third kappa shape index (κ3) is 5.11. The molecule has 0 aliphatic carbocycles. The number of carbonyl (C=O) groups is 2. The molecule has 1 saturated heterocycles. The number of nitrogens with zero attached hydrogens (tertiary/aromatic N) is 4. The molecule has 1 aliphatic rings. The van der Waals surface area contributed by atoms with Crippen molar-refractivity contribution in [2.75, 3.05) is 26.3 Å². The van der Waals surface area contributed by atoms with E-state index in [0.717, 1.165) is 5.56 Å². The lowest BCUT2D eigenvalue weighted by molar-refractivity contribution is -0.141. The van der Waals surface area contributed by atoms with E-state index in [9.17, 15) is 14.0 Å². The lowest BCUT2D eigenvalue weighted by Crippen LogP contribution is -2.46. The summed E-state index contributed by atoms with van der Waals surface area (Å²) in [6.07, 6.45) is 1.48. The molecule has 184 valence electrons. The van der Waals surface area contributed by atoms with Crippen molar-refractivity contribution in [3.63, 3.8) is 0 Å². The Morgan fingerprint density at radius 1 is 1.14 bits per heavy atom. The van der Waals surface area contributed by atoms with Crippen molar-refractivity contribution in [3.05, 3.63) is 83.8 Å². The third-order valence-electron chi connectivity index (χ3n) is 6.04. The molecule has 9 heteroatoms.